The third kappa shape index (κ3) is 6.53. The van der Waals surface area contributed by atoms with Crippen LogP contribution in [0.25, 0.3) is 0 Å². The third-order valence-corrected chi connectivity index (χ3v) is 4.58. The van der Waals surface area contributed by atoms with E-state index in [1.54, 1.807) is 0 Å². The van der Waals surface area contributed by atoms with E-state index >= 15 is 0 Å². The van der Waals surface area contributed by atoms with E-state index < -0.39 is 0 Å². The first-order chi connectivity index (χ1) is 9.97. The quantitative estimate of drug-likeness (QED) is 0.630. The van der Waals surface area contributed by atoms with Crippen molar-refractivity contribution in [3.8, 4) is 0 Å². The van der Waals surface area contributed by atoms with Gasteiger partial charge in [0.15, 0.2) is 0 Å². The summed E-state index contributed by atoms with van der Waals surface area (Å²) in [5, 5.41) is 11.0. The van der Waals surface area contributed by atoms with E-state index in [0.717, 1.165) is 19.6 Å². The van der Waals surface area contributed by atoms with Gasteiger partial charge in [-0.25, -0.2) is 0 Å². The molecular formula is C16H34N4. The molecule has 0 aromatic carbocycles. The molecule has 0 aromatic heterocycles. The Bertz CT molecular complexity index is 213. The molecule has 0 bridgehead atoms. The monoisotopic (exact) mass is 282 g/mol. The van der Waals surface area contributed by atoms with Crippen LogP contribution in [-0.2, 0) is 0 Å². The first-order valence-electron chi connectivity index (χ1n) is 8.86. The molecule has 4 nitrogen and oxygen atoms in total. The van der Waals surface area contributed by atoms with E-state index in [9.17, 15) is 0 Å². The number of hydrogen-bond acceptors (Lipinski definition) is 4. The van der Waals surface area contributed by atoms with E-state index in [0.29, 0.717) is 6.17 Å². The lowest BCUT2D eigenvalue weighted by Crippen LogP contribution is -2.49. The Morgan fingerprint density at radius 2 is 1.35 bits per heavy atom. The smallest absolute Gasteiger partial charge is 0.0597 e. The first-order valence-corrected chi connectivity index (χ1v) is 8.86. The molecule has 2 fully saturated rings. The van der Waals surface area contributed by atoms with Crippen molar-refractivity contribution >= 4 is 0 Å². The molecule has 2 rings (SSSR count). The Morgan fingerprint density at radius 1 is 0.600 bits per heavy atom. The van der Waals surface area contributed by atoms with Gasteiger partial charge in [0.25, 0.3) is 0 Å². The van der Waals surface area contributed by atoms with Crippen LogP contribution in [0.5, 0.6) is 0 Å². The fourth-order valence-corrected chi connectivity index (χ4v) is 3.32. The standard InChI is InChI=1S/C16H34N4/c1-2-6-10-18-13-15-20-14-7-3-4-8-16(20)19-12-11-17-9-5-1/h16-19H,1-15H2. The van der Waals surface area contributed by atoms with E-state index in [1.165, 1.54) is 77.5 Å². The molecule has 1 atom stereocenters. The van der Waals surface area contributed by atoms with Gasteiger partial charge in [-0.05, 0) is 45.3 Å². The van der Waals surface area contributed by atoms with Crippen molar-refractivity contribution in [2.24, 2.45) is 0 Å². The van der Waals surface area contributed by atoms with Gasteiger partial charge in [-0.3, -0.25) is 4.90 Å². The molecule has 0 aromatic rings. The van der Waals surface area contributed by atoms with Gasteiger partial charge < -0.3 is 16.0 Å². The highest BCUT2D eigenvalue weighted by Gasteiger charge is 2.19. The van der Waals surface area contributed by atoms with Crippen LogP contribution in [0.1, 0.15) is 51.4 Å². The minimum absolute atomic E-state index is 0.603. The van der Waals surface area contributed by atoms with E-state index in [2.05, 4.69) is 20.9 Å². The second kappa shape index (κ2) is 10.6. The molecule has 20 heavy (non-hydrogen) atoms. The summed E-state index contributed by atoms with van der Waals surface area (Å²) in [6.45, 7) is 8.22. The van der Waals surface area contributed by atoms with Crippen LogP contribution in [0, 0.1) is 0 Å². The molecule has 0 spiro atoms. The van der Waals surface area contributed by atoms with E-state index in [1.807, 2.05) is 0 Å². The van der Waals surface area contributed by atoms with Gasteiger partial charge in [-0.1, -0.05) is 25.7 Å². The van der Waals surface area contributed by atoms with Crippen molar-refractivity contribution < 1.29 is 0 Å². The second-order valence-corrected chi connectivity index (χ2v) is 6.27. The molecule has 1 unspecified atom stereocenters. The lowest BCUT2D eigenvalue weighted by molar-refractivity contribution is 0.169. The fourth-order valence-electron chi connectivity index (χ4n) is 3.32. The molecular weight excluding hydrogens is 248 g/mol. The van der Waals surface area contributed by atoms with E-state index in [-0.39, 0.29) is 0 Å². The third-order valence-electron chi connectivity index (χ3n) is 4.58. The number of hydrogen-bond donors (Lipinski definition) is 3. The summed E-state index contributed by atoms with van der Waals surface area (Å²) >= 11 is 0. The number of fused-ring (bicyclic) bond motifs is 1. The summed E-state index contributed by atoms with van der Waals surface area (Å²) in [7, 11) is 0. The predicted octanol–water partition coefficient (Wildman–Crippen LogP) is 1.53. The summed E-state index contributed by atoms with van der Waals surface area (Å²) in [6, 6.07) is 0. The molecule has 2 aliphatic rings. The van der Waals surface area contributed by atoms with Crippen LogP contribution in [0.4, 0.5) is 0 Å². The average Bonchev–Trinajstić information content (AvgIpc) is 2.69. The van der Waals surface area contributed by atoms with Gasteiger partial charge in [0.05, 0.1) is 6.17 Å². The topological polar surface area (TPSA) is 39.3 Å². The van der Waals surface area contributed by atoms with Crippen molar-refractivity contribution in [1.82, 2.24) is 20.9 Å². The van der Waals surface area contributed by atoms with Gasteiger partial charge in [-0.15, -0.1) is 0 Å². The van der Waals surface area contributed by atoms with Gasteiger partial charge in [0, 0.05) is 26.2 Å². The van der Waals surface area contributed by atoms with Crippen molar-refractivity contribution in [2.75, 3.05) is 45.8 Å². The lowest BCUT2D eigenvalue weighted by Gasteiger charge is -2.31. The Morgan fingerprint density at radius 3 is 2.20 bits per heavy atom. The number of nitrogens with one attached hydrogen (secondary N) is 3. The molecule has 0 radical (unpaired) electrons. The van der Waals surface area contributed by atoms with Crippen LogP contribution in [0.2, 0.25) is 0 Å². The van der Waals surface area contributed by atoms with Crippen LogP contribution in [-0.4, -0.2) is 56.9 Å². The molecule has 4 heteroatoms. The van der Waals surface area contributed by atoms with E-state index in [4.69, 9.17) is 0 Å². The molecule has 0 amide bonds. The number of rotatable bonds is 0. The zero-order valence-electron chi connectivity index (χ0n) is 13.1. The van der Waals surface area contributed by atoms with Crippen molar-refractivity contribution in [1.29, 1.82) is 0 Å². The molecule has 0 aliphatic carbocycles. The Kier molecular flexibility index (Phi) is 8.55. The fraction of sp³-hybridized carbons (Fsp3) is 1.00. The molecule has 2 aliphatic heterocycles. The normalized spacial score (nSPS) is 29.7. The first kappa shape index (κ1) is 16.2. The molecule has 2 saturated heterocycles. The Balaban J connectivity index is 1.78. The SMILES string of the molecule is C1CCCNCCN2CCCCCC2NCCNCC1. The second-order valence-electron chi connectivity index (χ2n) is 6.27. The zero-order chi connectivity index (χ0) is 13.9. The summed E-state index contributed by atoms with van der Waals surface area (Å²) < 4.78 is 0. The van der Waals surface area contributed by atoms with Crippen LogP contribution in [0.15, 0.2) is 0 Å². The molecule has 118 valence electrons. The molecule has 2 heterocycles. The van der Waals surface area contributed by atoms with Crippen molar-refractivity contribution in [2.45, 2.75) is 57.5 Å². The minimum Gasteiger partial charge on any atom is -0.315 e. The largest absolute Gasteiger partial charge is 0.315 e. The Labute approximate surface area is 125 Å². The average molecular weight is 282 g/mol. The summed E-state index contributed by atoms with van der Waals surface area (Å²) in [5.41, 5.74) is 0. The zero-order valence-corrected chi connectivity index (χ0v) is 13.1. The van der Waals surface area contributed by atoms with Gasteiger partial charge in [-0.2, -0.15) is 0 Å². The summed E-state index contributed by atoms with van der Waals surface area (Å²) in [6.07, 6.45) is 11.5. The highest BCUT2D eigenvalue weighted by Crippen LogP contribution is 2.14. The molecule has 3 N–H and O–H groups in total. The van der Waals surface area contributed by atoms with Crippen LogP contribution >= 0.6 is 0 Å². The van der Waals surface area contributed by atoms with Gasteiger partial charge >= 0.3 is 0 Å². The van der Waals surface area contributed by atoms with Gasteiger partial charge in [0.2, 0.25) is 0 Å². The Hall–Kier alpha value is -0.160. The van der Waals surface area contributed by atoms with Gasteiger partial charge in [0.1, 0.15) is 0 Å². The van der Waals surface area contributed by atoms with Crippen LogP contribution in [0.3, 0.4) is 0 Å². The minimum atomic E-state index is 0.603. The maximum absolute atomic E-state index is 3.77. The predicted molar refractivity (Wildman–Crippen MR) is 86.0 cm³/mol. The maximum Gasteiger partial charge on any atom is 0.0597 e. The highest BCUT2D eigenvalue weighted by molar-refractivity contribution is 4.75. The van der Waals surface area contributed by atoms with Crippen molar-refractivity contribution in [3.05, 3.63) is 0 Å². The van der Waals surface area contributed by atoms with Crippen molar-refractivity contribution in [3.63, 3.8) is 0 Å². The number of nitrogens with zero attached hydrogens (tertiary/aromatic N) is 1. The van der Waals surface area contributed by atoms with Crippen LogP contribution < -0.4 is 16.0 Å². The maximum atomic E-state index is 3.77. The lowest BCUT2D eigenvalue weighted by atomic mass is 10.2. The molecule has 0 saturated carbocycles. The summed E-state index contributed by atoms with van der Waals surface area (Å²) in [4.78, 5) is 2.67. The summed E-state index contributed by atoms with van der Waals surface area (Å²) in [5.74, 6) is 0. The highest BCUT2D eigenvalue weighted by atomic mass is 15.3.